The Bertz CT molecular complexity index is 855. The molecule has 0 saturated carbocycles. The first-order valence-electron chi connectivity index (χ1n) is 7.18. The summed E-state index contributed by atoms with van der Waals surface area (Å²) in [6.07, 6.45) is 1.03. The molecule has 0 atom stereocenters. The minimum absolute atomic E-state index is 0.153. The fraction of sp³-hybridized carbons (Fsp3) is 0.333. The zero-order valence-corrected chi connectivity index (χ0v) is 15.9. The molecule has 25 heavy (non-hydrogen) atoms. The SMILES string of the molecule is COc1cccc(OC)c1CNC(=O)c1sc(NS(C)(=O)=O)nc1C. The topological polar surface area (TPSA) is 107 Å². The third-order valence-electron chi connectivity index (χ3n) is 3.23. The van der Waals surface area contributed by atoms with E-state index in [0.717, 1.165) is 17.6 Å². The van der Waals surface area contributed by atoms with E-state index in [1.54, 1.807) is 25.1 Å². The van der Waals surface area contributed by atoms with Crippen molar-refractivity contribution >= 4 is 32.4 Å². The maximum atomic E-state index is 12.4. The Morgan fingerprint density at radius 1 is 1.24 bits per heavy atom. The first-order valence-corrected chi connectivity index (χ1v) is 9.89. The first-order chi connectivity index (χ1) is 11.7. The number of rotatable bonds is 7. The fourth-order valence-electron chi connectivity index (χ4n) is 2.16. The lowest BCUT2D eigenvalue weighted by molar-refractivity contribution is 0.0953. The molecule has 0 aliphatic rings. The van der Waals surface area contributed by atoms with Crippen LogP contribution in [0.2, 0.25) is 0 Å². The highest BCUT2D eigenvalue weighted by molar-refractivity contribution is 7.92. The van der Waals surface area contributed by atoms with E-state index in [1.165, 1.54) is 14.2 Å². The van der Waals surface area contributed by atoms with Gasteiger partial charge in [0.1, 0.15) is 16.4 Å². The summed E-state index contributed by atoms with van der Waals surface area (Å²) in [6.45, 7) is 1.83. The second kappa shape index (κ2) is 7.70. The number of nitrogens with one attached hydrogen (secondary N) is 2. The van der Waals surface area contributed by atoms with Crippen LogP contribution >= 0.6 is 11.3 Å². The Balaban J connectivity index is 2.16. The molecule has 0 aliphatic heterocycles. The average Bonchev–Trinajstić information content (AvgIpc) is 2.90. The van der Waals surface area contributed by atoms with Gasteiger partial charge in [0.25, 0.3) is 5.91 Å². The number of methoxy groups -OCH3 is 2. The van der Waals surface area contributed by atoms with Gasteiger partial charge in [-0.2, -0.15) is 0 Å². The molecule has 8 nitrogen and oxygen atoms in total. The van der Waals surface area contributed by atoms with Gasteiger partial charge >= 0.3 is 0 Å². The Kier molecular flexibility index (Phi) is 5.85. The number of aromatic nitrogens is 1. The van der Waals surface area contributed by atoms with E-state index in [9.17, 15) is 13.2 Å². The van der Waals surface area contributed by atoms with Gasteiger partial charge in [0.15, 0.2) is 5.13 Å². The molecule has 0 radical (unpaired) electrons. The van der Waals surface area contributed by atoms with Crippen molar-refractivity contribution in [3.8, 4) is 11.5 Å². The van der Waals surface area contributed by atoms with Crippen molar-refractivity contribution in [2.45, 2.75) is 13.5 Å². The van der Waals surface area contributed by atoms with Crippen LogP contribution in [-0.4, -0.2) is 39.8 Å². The minimum Gasteiger partial charge on any atom is -0.496 e. The van der Waals surface area contributed by atoms with Crippen LogP contribution in [0, 0.1) is 6.92 Å². The first kappa shape index (κ1) is 19.0. The highest BCUT2D eigenvalue weighted by Crippen LogP contribution is 2.28. The molecule has 0 fully saturated rings. The summed E-state index contributed by atoms with van der Waals surface area (Å²) in [4.78, 5) is 16.8. The smallest absolute Gasteiger partial charge is 0.263 e. The third-order valence-corrected chi connectivity index (χ3v) is 5.00. The van der Waals surface area contributed by atoms with Gasteiger partial charge < -0.3 is 14.8 Å². The number of carbonyl (C=O) groups excluding carboxylic acids is 1. The molecule has 0 spiro atoms. The van der Waals surface area contributed by atoms with Crippen LogP contribution in [-0.2, 0) is 16.6 Å². The van der Waals surface area contributed by atoms with Crippen molar-refractivity contribution in [3.05, 3.63) is 34.3 Å². The maximum absolute atomic E-state index is 12.4. The van der Waals surface area contributed by atoms with Crippen LogP contribution in [0.15, 0.2) is 18.2 Å². The van der Waals surface area contributed by atoms with E-state index < -0.39 is 10.0 Å². The van der Waals surface area contributed by atoms with Gasteiger partial charge in [0.2, 0.25) is 10.0 Å². The number of carbonyl (C=O) groups is 1. The zero-order chi connectivity index (χ0) is 18.6. The zero-order valence-electron chi connectivity index (χ0n) is 14.2. The molecule has 1 aromatic carbocycles. The Hall–Kier alpha value is -2.33. The summed E-state index contributed by atoms with van der Waals surface area (Å²) >= 11 is 0.974. The number of amides is 1. The summed E-state index contributed by atoms with van der Waals surface area (Å²) in [6, 6.07) is 5.34. The van der Waals surface area contributed by atoms with Crippen molar-refractivity contribution in [3.63, 3.8) is 0 Å². The molecule has 1 heterocycles. The molecule has 0 unspecified atom stereocenters. The van der Waals surface area contributed by atoms with Crippen LogP contribution < -0.4 is 19.5 Å². The molecule has 2 aromatic rings. The standard InChI is InChI=1S/C15H19N3O5S2/c1-9-13(24-15(17-9)18-25(4,20)21)14(19)16-8-10-11(22-2)6-5-7-12(10)23-3/h5-7H,8H2,1-4H3,(H,16,19)(H,17,18). The van der Waals surface area contributed by atoms with E-state index in [1.807, 2.05) is 0 Å². The molecular weight excluding hydrogens is 366 g/mol. The number of sulfonamides is 1. The average molecular weight is 385 g/mol. The summed E-state index contributed by atoms with van der Waals surface area (Å²) in [5.41, 5.74) is 1.15. The number of benzene rings is 1. The molecule has 10 heteroatoms. The number of nitrogens with zero attached hydrogens (tertiary/aromatic N) is 1. The van der Waals surface area contributed by atoms with Gasteiger partial charge in [-0.15, -0.1) is 0 Å². The fourth-order valence-corrected chi connectivity index (χ4v) is 3.88. The molecule has 2 rings (SSSR count). The van der Waals surface area contributed by atoms with Crippen molar-refractivity contribution in [2.24, 2.45) is 0 Å². The predicted octanol–water partition coefficient (Wildman–Crippen LogP) is 1.77. The number of hydrogen-bond donors (Lipinski definition) is 2. The van der Waals surface area contributed by atoms with E-state index >= 15 is 0 Å². The molecule has 1 aromatic heterocycles. The van der Waals surface area contributed by atoms with Crippen LogP contribution in [0.4, 0.5) is 5.13 Å². The van der Waals surface area contributed by atoms with Crippen molar-refractivity contribution in [1.82, 2.24) is 10.3 Å². The van der Waals surface area contributed by atoms with Gasteiger partial charge in [-0.25, -0.2) is 13.4 Å². The highest BCUT2D eigenvalue weighted by atomic mass is 32.2. The lowest BCUT2D eigenvalue weighted by Crippen LogP contribution is -2.23. The summed E-state index contributed by atoms with van der Waals surface area (Å²) in [5.74, 6) is 0.838. The molecule has 0 aliphatic carbocycles. The quantitative estimate of drug-likeness (QED) is 0.752. The number of ether oxygens (including phenoxy) is 2. The molecule has 2 N–H and O–H groups in total. The Morgan fingerprint density at radius 3 is 2.36 bits per heavy atom. The van der Waals surface area contributed by atoms with E-state index in [-0.39, 0.29) is 17.6 Å². The highest BCUT2D eigenvalue weighted by Gasteiger charge is 2.18. The van der Waals surface area contributed by atoms with Crippen LogP contribution in [0.5, 0.6) is 11.5 Å². The lowest BCUT2D eigenvalue weighted by atomic mass is 10.1. The molecule has 0 saturated heterocycles. The summed E-state index contributed by atoms with van der Waals surface area (Å²) < 4.78 is 35.4. The molecule has 0 bridgehead atoms. The molecule has 136 valence electrons. The van der Waals surface area contributed by atoms with Gasteiger partial charge in [-0.05, 0) is 19.1 Å². The minimum atomic E-state index is -3.45. The second-order valence-electron chi connectivity index (χ2n) is 5.13. The van der Waals surface area contributed by atoms with Crippen molar-refractivity contribution < 1.29 is 22.7 Å². The summed E-state index contributed by atoms with van der Waals surface area (Å²) in [5, 5.41) is 2.93. The van der Waals surface area contributed by atoms with Gasteiger partial charge in [-0.1, -0.05) is 17.4 Å². The Labute approximate surface area is 150 Å². The second-order valence-corrected chi connectivity index (χ2v) is 7.88. The third kappa shape index (κ3) is 4.83. The van der Waals surface area contributed by atoms with Crippen LogP contribution in [0.1, 0.15) is 20.9 Å². The number of hydrogen-bond acceptors (Lipinski definition) is 7. The summed E-state index contributed by atoms with van der Waals surface area (Å²) in [7, 11) is -0.370. The number of aryl methyl sites for hydroxylation is 1. The number of anilines is 1. The van der Waals surface area contributed by atoms with Gasteiger partial charge in [-0.3, -0.25) is 9.52 Å². The lowest BCUT2D eigenvalue weighted by Gasteiger charge is -2.13. The van der Waals surface area contributed by atoms with Crippen molar-refractivity contribution in [2.75, 3.05) is 25.2 Å². The molecular formula is C15H19N3O5S2. The van der Waals surface area contributed by atoms with Gasteiger partial charge in [0, 0.05) is 0 Å². The van der Waals surface area contributed by atoms with E-state index in [4.69, 9.17) is 9.47 Å². The largest absolute Gasteiger partial charge is 0.496 e. The van der Waals surface area contributed by atoms with Gasteiger partial charge in [0.05, 0.1) is 38.3 Å². The predicted molar refractivity (Wildman–Crippen MR) is 96.0 cm³/mol. The van der Waals surface area contributed by atoms with Crippen molar-refractivity contribution in [1.29, 1.82) is 0 Å². The normalized spacial score (nSPS) is 11.0. The van der Waals surface area contributed by atoms with Crippen LogP contribution in [0.25, 0.3) is 0 Å². The number of thiazole rings is 1. The van der Waals surface area contributed by atoms with E-state index in [0.29, 0.717) is 27.6 Å². The monoisotopic (exact) mass is 385 g/mol. The van der Waals surface area contributed by atoms with Crippen LogP contribution in [0.3, 0.4) is 0 Å². The molecule has 1 amide bonds. The Morgan fingerprint density at radius 2 is 1.84 bits per heavy atom. The van der Waals surface area contributed by atoms with E-state index in [2.05, 4.69) is 15.0 Å². The maximum Gasteiger partial charge on any atom is 0.263 e.